The molecular weight excluding hydrogens is 352 g/mol. The van der Waals surface area contributed by atoms with Crippen molar-refractivity contribution in [3.63, 3.8) is 0 Å². The van der Waals surface area contributed by atoms with Crippen LogP contribution < -0.4 is 9.64 Å². The first-order valence-corrected chi connectivity index (χ1v) is 9.31. The van der Waals surface area contributed by atoms with Crippen LogP contribution in [0.1, 0.15) is 41.2 Å². The van der Waals surface area contributed by atoms with E-state index in [4.69, 9.17) is 4.74 Å². The molecule has 28 heavy (non-hydrogen) atoms. The van der Waals surface area contributed by atoms with Gasteiger partial charge in [-0.3, -0.25) is 4.79 Å². The number of carbonyl (C=O) groups excluding carboxylic acids is 1. The zero-order chi connectivity index (χ0) is 20.4. The third-order valence-electron chi connectivity index (χ3n) is 4.75. The molecule has 2 aromatic carbocycles. The highest BCUT2D eigenvalue weighted by Crippen LogP contribution is 2.26. The number of amides is 1. The molecule has 3 rings (SSSR count). The van der Waals surface area contributed by atoms with Crippen molar-refractivity contribution in [1.82, 2.24) is 15.0 Å². The standard InChI is InChI=1S/C22H26N4O2/c1-14(2)25(20-12-15(3)10-11-16(20)4)22(27)21-17(5)26(24-23-21)18-8-7-9-19(13-18)28-6/h7-14H,1-6H3. The Labute approximate surface area is 165 Å². The maximum atomic E-state index is 13.4. The van der Waals surface area contributed by atoms with Crippen molar-refractivity contribution in [2.24, 2.45) is 0 Å². The van der Waals surface area contributed by atoms with Gasteiger partial charge in [0.25, 0.3) is 5.91 Å². The van der Waals surface area contributed by atoms with Gasteiger partial charge in [0, 0.05) is 17.8 Å². The maximum absolute atomic E-state index is 13.4. The van der Waals surface area contributed by atoms with Gasteiger partial charge in [-0.25, -0.2) is 4.68 Å². The zero-order valence-corrected chi connectivity index (χ0v) is 17.2. The van der Waals surface area contributed by atoms with E-state index in [0.29, 0.717) is 11.4 Å². The fourth-order valence-corrected chi connectivity index (χ4v) is 3.23. The lowest BCUT2D eigenvalue weighted by Gasteiger charge is -2.28. The molecule has 0 saturated carbocycles. The Morgan fingerprint density at radius 1 is 1.11 bits per heavy atom. The SMILES string of the molecule is COc1cccc(-n2nnc(C(=O)N(c3cc(C)ccc3C)C(C)C)c2C)c1. The molecule has 0 radical (unpaired) electrons. The Kier molecular flexibility index (Phi) is 5.49. The minimum Gasteiger partial charge on any atom is -0.497 e. The van der Waals surface area contributed by atoms with Crippen LogP contribution in [0.5, 0.6) is 5.75 Å². The Morgan fingerprint density at radius 3 is 2.54 bits per heavy atom. The highest BCUT2D eigenvalue weighted by Gasteiger charge is 2.27. The van der Waals surface area contributed by atoms with E-state index >= 15 is 0 Å². The molecule has 0 aliphatic carbocycles. The van der Waals surface area contributed by atoms with E-state index in [-0.39, 0.29) is 11.9 Å². The van der Waals surface area contributed by atoms with Crippen LogP contribution in [-0.4, -0.2) is 34.1 Å². The van der Waals surface area contributed by atoms with E-state index in [1.807, 2.05) is 77.1 Å². The van der Waals surface area contributed by atoms with E-state index in [9.17, 15) is 4.79 Å². The monoisotopic (exact) mass is 378 g/mol. The van der Waals surface area contributed by atoms with Gasteiger partial charge in [-0.1, -0.05) is 23.4 Å². The summed E-state index contributed by atoms with van der Waals surface area (Å²) < 4.78 is 6.95. The number of benzene rings is 2. The van der Waals surface area contributed by atoms with Crippen LogP contribution in [-0.2, 0) is 0 Å². The van der Waals surface area contributed by atoms with Crippen LogP contribution >= 0.6 is 0 Å². The third-order valence-corrected chi connectivity index (χ3v) is 4.75. The van der Waals surface area contributed by atoms with Gasteiger partial charge in [-0.2, -0.15) is 0 Å². The zero-order valence-electron chi connectivity index (χ0n) is 17.2. The average Bonchev–Trinajstić information content (AvgIpc) is 3.06. The van der Waals surface area contributed by atoms with Crippen molar-refractivity contribution in [1.29, 1.82) is 0 Å². The summed E-state index contributed by atoms with van der Waals surface area (Å²) in [6.07, 6.45) is 0. The first kappa shape index (κ1) is 19.6. The Morgan fingerprint density at radius 2 is 1.86 bits per heavy atom. The van der Waals surface area contributed by atoms with E-state index in [1.54, 1.807) is 16.7 Å². The first-order chi connectivity index (χ1) is 13.3. The predicted molar refractivity (Wildman–Crippen MR) is 111 cm³/mol. The molecule has 0 saturated heterocycles. The van der Waals surface area contributed by atoms with E-state index in [0.717, 1.165) is 28.3 Å². The van der Waals surface area contributed by atoms with Gasteiger partial charge in [-0.05, 0) is 63.9 Å². The van der Waals surface area contributed by atoms with Crippen molar-refractivity contribution in [2.75, 3.05) is 12.0 Å². The van der Waals surface area contributed by atoms with Gasteiger partial charge in [-0.15, -0.1) is 5.10 Å². The van der Waals surface area contributed by atoms with Gasteiger partial charge < -0.3 is 9.64 Å². The van der Waals surface area contributed by atoms with Crippen LogP contribution in [0.15, 0.2) is 42.5 Å². The summed E-state index contributed by atoms with van der Waals surface area (Å²) in [6.45, 7) is 9.89. The Bertz CT molecular complexity index is 1010. The summed E-state index contributed by atoms with van der Waals surface area (Å²) in [5, 5.41) is 8.43. The van der Waals surface area contributed by atoms with E-state index in [2.05, 4.69) is 10.3 Å². The van der Waals surface area contributed by atoms with Crippen molar-refractivity contribution < 1.29 is 9.53 Å². The number of aryl methyl sites for hydroxylation is 2. The number of hydrogen-bond donors (Lipinski definition) is 0. The lowest BCUT2D eigenvalue weighted by atomic mass is 10.1. The molecule has 1 heterocycles. The van der Waals surface area contributed by atoms with E-state index < -0.39 is 0 Å². The van der Waals surface area contributed by atoms with Gasteiger partial charge in [0.2, 0.25) is 0 Å². The Balaban J connectivity index is 2.03. The molecule has 0 atom stereocenters. The molecule has 0 bridgehead atoms. The van der Waals surface area contributed by atoms with Crippen molar-refractivity contribution in [3.05, 3.63) is 65.0 Å². The summed E-state index contributed by atoms with van der Waals surface area (Å²) >= 11 is 0. The van der Waals surface area contributed by atoms with E-state index in [1.165, 1.54) is 0 Å². The molecule has 0 aliphatic heterocycles. The van der Waals surface area contributed by atoms with Crippen LogP contribution in [0.25, 0.3) is 5.69 Å². The number of methoxy groups -OCH3 is 1. The van der Waals surface area contributed by atoms with Gasteiger partial charge in [0.15, 0.2) is 5.69 Å². The Hall–Kier alpha value is -3.15. The van der Waals surface area contributed by atoms with Crippen LogP contribution in [0.4, 0.5) is 5.69 Å². The quantitative estimate of drug-likeness (QED) is 0.666. The largest absolute Gasteiger partial charge is 0.497 e. The summed E-state index contributed by atoms with van der Waals surface area (Å²) in [7, 11) is 1.62. The minimum absolute atomic E-state index is 0.0191. The lowest BCUT2D eigenvalue weighted by molar-refractivity contribution is 0.0974. The molecule has 0 fully saturated rings. The minimum atomic E-state index is -0.157. The maximum Gasteiger partial charge on any atom is 0.280 e. The molecule has 0 aliphatic rings. The topological polar surface area (TPSA) is 60.2 Å². The molecule has 0 unspecified atom stereocenters. The van der Waals surface area contributed by atoms with Crippen molar-refractivity contribution in [3.8, 4) is 11.4 Å². The molecule has 146 valence electrons. The summed E-state index contributed by atoms with van der Waals surface area (Å²) in [5.74, 6) is 0.565. The molecule has 6 heteroatoms. The number of carbonyl (C=O) groups is 1. The number of hydrogen-bond acceptors (Lipinski definition) is 4. The van der Waals surface area contributed by atoms with Gasteiger partial charge >= 0.3 is 0 Å². The van der Waals surface area contributed by atoms with Crippen LogP contribution in [0.3, 0.4) is 0 Å². The highest BCUT2D eigenvalue weighted by molar-refractivity contribution is 6.06. The van der Waals surface area contributed by atoms with Crippen molar-refractivity contribution in [2.45, 2.75) is 40.7 Å². The van der Waals surface area contributed by atoms with Gasteiger partial charge in [0.1, 0.15) is 5.75 Å². The number of rotatable bonds is 5. The number of nitrogens with zero attached hydrogens (tertiary/aromatic N) is 4. The predicted octanol–water partition coefficient (Wildman–Crippen LogP) is 4.26. The fraction of sp³-hybridized carbons (Fsp3) is 0.318. The molecule has 1 aromatic heterocycles. The molecular formula is C22H26N4O2. The fourth-order valence-electron chi connectivity index (χ4n) is 3.23. The molecule has 0 spiro atoms. The lowest BCUT2D eigenvalue weighted by Crippen LogP contribution is -2.38. The second-order valence-electron chi connectivity index (χ2n) is 7.20. The van der Waals surface area contributed by atoms with Crippen molar-refractivity contribution >= 4 is 11.6 Å². The molecule has 1 amide bonds. The molecule has 0 N–H and O–H groups in total. The third kappa shape index (κ3) is 3.63. The average molecular weight is 378 g/mol. The number of anilines is 1. The smallest absolute Gasteiger partial charge is 0.280 e. The number of ether oxygens (including phenoxy) is 1. The first-order valence-electron chi connectivity index (χ1n) is 9.31. The molecule has 6 nitrogen and oxygen atoms in total. The normalized spacial score (nSPS) is 11.0. The summed E-state index contributed by atoms with van der Waals surface area (Å²) in [4.78, 5) is 15.2. The summed E-state index contributed by atoms with van der Waals surface area (Å²) in [6, 6.07) is 13.6. The van der Waals surface area contributed by atoms with Gasteiger partial charge in [0.05, 0.1) is 18.5 Å². The summed E-state index contributed by atoms with van der Waals surface area (Å²) in [5.41, 5.74) is 4.88. The second kappa shape index (κ2) is 7.84. The molecule has 3 aromatic rings. The second-order valence-corrected chi connectivity index (χ2v) is 7.20. The number of aromatic nitrogens is 3. The van der Waals surface area contributed by atoms with Crippen LogP contribution in [0.2, 0.25) is 0 Å². The van der Waals surface area contributed by atoms with Crippen LogP contribution in [0, 0.1) is 20.8 Å². The highest BCUT2D eigenvalue weighted by atomic mass is 16.5.